The fourth-order valence-electron chi connectivity index (χ4n) is 9.07. The van der Waals surface area contributed by atoms with Crippen molar-refractivity contribution in [2.24, 2.45) is 58.0 Å². The van der Waals surface area contributed by atoms with Gasteiger partial charge in [0, 0.05) is 6.04 Å². The monoisotopic (exact) mass is 373 g/mol. The number of fused-ring (bicyclic) bond motifs is 5. The van der Waals surface area contributed by atoms with Crippen molar-refractivity contribution in [3.63, 3.8) is 0 Å². The maximum Gasteiger partial charge on any atom is 0.00418 e. The summed E-state index contributed by atoms with van der Waals surface area (Å²) in [6.07, 6.45) is 16.0. The summed E-state index contributed by atoms with van der Waals surface area (Å²) < 4.78 is 0. The van der Waals surface area contributed by atoms with Gasteiger partial charge < -0.3 is 5.73 Å². The average molecular weight is 374 g/mol. The highest BCUT2D eigenvalue weighted by atomic mass is 14.7. The molecule has 1 heteroatoms. The third-order valence-corrected chi connectivity index (χ3v) is 10.6. The van der Waals surface area contributed by atoms with Crippen molar-refractivity contribution in [2.45, 2.75) is 111 Å². The number of hydrogen-bond acceptors (Lipinski definition) is 1. The van der Waals surface area contributed by atoms with E-state index < -0.39 is 0 Å². The maximum absolute atomic E-state index is 6.41. The molecule has 0 aromatic carbocycles. The Hall–Kier alpha value is -0.0400. The van der Waals surface area contributed by atoms with Crippen LogP contribution in [0, 0.1) is 52.3 Å². The predicted molar refractivity (Wildman–Crippen MR) is 116 cm³/mol. The van der Waals surface area contributed by atoms with Crippen molar-refractivity contribution in [3.8, 4) is 0 Å². The summed E-state index contributed by atoms with van der Waals surface area (Å²) >= 11 is 0. The van der Waals surface area contributed by atoms with E-state index in [1.54, 1.807) is 0 Å². The molecule has 0 spiro atoms. The van der Waals surface area contributed by atoms with E-state index in [0.29, 0.717) is 16.9 Å². The van der Waals surface area contributed by atoms with Crippen LogP contribution in [0.2, 0.25) is 0 Å². The molecule has 0 bridgehead atoms. The van der Waals surface area contributed by atoms with Crippen molar-refractivity contribution >= 4 is 0 Å². The van der Waals surface area contributed by atoms with Gasteiger partial charge in [0.15, 0.2) is 0 Å². The van der Waals surface area contributed by atoms with Gasteiger partial charge in [-0.15, -0.1) is 0 Å². The minimum atomic E-state index is 0.491. The Morgan fingerprint density at radius 2 is 1.67 bits per heavy atom. The first kappa shape index (κ1) is 20.2. The van der Waals surface area contributed by atoms with E-state index in [9.17, 15) is 0 Å². The molecule has 2 N–H and O–H groups in total. The summed E-state index contributed by atoms with van der Waals surface area (Å²) in [4.78, 5) is 0. The Morgan fingerprint density at radius 3 is 2.41 bits per heavy atom. The van der Waals surface area contributed by atoms with Crippen molar-refractivity contribution in [3.05, 3.63) is 0 Å². The zero-order valence-electron chi connectivity index (χ0n) is 19.0. The highest BCUT2D eigenvalue weighted by Crippen LogP contribution is 2.70. The minimum absolute atomic E-state index is 0.491. The van der Waals surface area contributed by atoms with Gasteiger partial charge in [0.25, 0.3) is 0 Å². The molecule has 4 aliphatic carbocycles. The summed E-state index contributed by atoms with van der Waals surface area (Å²) in [5, 5.41) is 0. The van der Waals surface area contributed by atoms with Gasteiger partial charge in [-0.05, 0) is 104 Å². The lowest BCUT2D eigenvalue weighted by molar-refractivity contribution is -0.0176. The van der Waals surface area contributed by atoms with Crippen LogP contribution in [-0.2, 0) is 0 Å². The molecule has 0 saturated heterocycles. The third-order valence-electron chi connectivity index (χ3n) is 10.6. The smallest absolute Gasteiger partial charge is 0.00418 e. The molecule has 1 nitrogen and oxygen atoms in total. The van der Waals surface area contributed by atoms with Crippen LogP contribution in [0.3, 0.4) is 0 Å². The molecule has 9 unspecified atom stereocenters. The molecule has 4 rings (SSSR count). The van der Waals surface area contributed by atoms with E-state index in [4.69, 9.17) is 5.73 Å². The highest BCUT2D eigenvalue weighted by molar-refractivity contribution is 5.12. The van der Waals surface area contributed by atoms with Crippen LogP contribution >= 0.6 is 0 Å². The van der Waals surface area contributed by atoms with E-state index in [0.717, 1.165) is 41.4 Å². The van der Waals surface area contributed by atoms with Crippen LogP contribution in [0.5, 0.6) is 0 Å². The Kier molecular flexibility index (Phi) is 5.50. The molecular formula is C26H47N. The lowest BCUT2D eigenvalue weighted by Crippen LogP contribution is -2.44. The van der Waals surface area contributed by atoms with Crippen molar-refractivity contribution < 1.29 is 0 Å². The molecule has 0 amide bonds. The van der Waals surface area contributed by atoms with E-state index >= 15 is 0 Å². The summed E-state index contributed by atoms with van der Waals surface area (Å²) in [6, 6.07) is 0.491. The average Bonchev–Trinajstić information content (AvgIpc) is 3.03. The molecule has 0 aliphatic heterocycles. The van der Waals surface area contributed by atoms with Gasteiger partial charge in [0.2, 0.25) is 0 Å². The molecule has 0 aromatic rings. The first-order chi connectivity index (χ1) is 12.8. The van der Waals surface area contributed by atoms with Crippen molar-refractivity contribution in [1.82, 2.24) is 0 Å². The zero-order valence-corrected chi connectivity index (χ0v) is 19.0. The number of unbranched alkanes of at least 4 members (excludes halogenated alkanes) is 1. The summed E-state index contributed by atoms with van der Waals surface area (Å²) in [6.45, 7) is 12.7. The first-order valence-electron chi connectivity index (χ1n) is 12.5. The lowest BCUT2D eigenvalue weighted by atomic mass is 9.54. The third kappa shape index (κ3) is 3.32. The maximum atomic E-state index is 6.41. The molecule has 0 heterocycles. The summed E-state index contributed by atoms with van der Waals surface area (Å²) in [5.41, 5.74) is 7.67. The summed E-state index contributed by atoms with van der Waals surface area (Å²) in [7, 11) is 0. The second kappa shape index (κ2) is 7.33. The van der Waals surface area contributed by atoms with Gasteiger partial charge in [-0.25, -0.2) is 0 Å². The summed E-state index contributed by atoms with van der Waals surface area (Å²) in [5.74, 6) is 6.80. The second-order valence-corrected chi connectivity index (χ2v) is 12.4. The van der Waals surface area contributed by atoms with Gasteiger partial charge in [-0.2, -0.15) is 0 Å². The predicted octanol–water partition coefficient (Wildman–Crippen LogP) is 7.04. The van der Waals surface area contributed by atoms with Crippen molar-refractivity contribution in [2.75, 3.05) is 0 Å². The number of nitrogens with two attached hydrogens (primary N) is 1. The minimum Gasteiger partial charge on any atom is -0.328 e. The topological polar surface area (TPSA) is 26.0 Å². The SMILES string of the molecule is CC(C)CCCCC1C(C)CC2C3CC4CC(N)CCC4(C)C3CCC12C. The van der Waals surface area contributed by atoms with E-state index in [1.807, 2.05) is 0 Å². The van der Waals surface area contributed by atoms with Gasteiger partial charge in [-0.3, -0.25) is 0 Å². The van der Waals surface area contributed by atoms with Crippen LogP contribution in [-0.4, -0.2) is 6.04 Å². The van der Waals surface area contributed by atoms with E-state index in [-0.39, 0.29) is 0 Å². The van der Waals surface area contributed by atoms with Gasteiger partial charge in [-0.1, -0.05) is 53.9 Å². The largest absolute Gasteiger partial charge is 0.328 e. The molecule has 0 aromatic heterocycles. The zero-order chi connectivity index (χ0) is 19.4. The van der Waals surface area contributed by atoms with Crippen LogP contribution < -0.4 is 5.73 Å². The molecule has 27 heavy (non-hydrogen) atoms. The van der Waals surface area contributed by atoms with Crippen LogP contribution in [0.1, 0.15) is 105 Å². The molecule has 4 aliphatic rings. The van der Waals surface area contributed by atoms with Crippen LogP contribution in [0.15, 0.2) is 0 Å². The molecular weight excluding hydrogens is 326 g/mol. The number of hydrogen-bond donors (Lipinski definition) is 1. The standard InChI is InChI=1S/C26H47N/c1-17(2)8-6-7-9-22-18(3)14-24-21-16-19-15-20(27)10-12-25(19,4)23(21)11-13-26(22,24)5/h17-24H,6-16,27H2,1-5H3. The van der Waals surface area contributed by atoms with Crippen molar-refractivity contribution in [1.29, 1.82) is 0 Å². The molecule has 4 saturated carbocycles. The molecule has 9 atom stereocenters. The molecule has 156 valence electrons. The van der Waals surface area contributed by atoms with Gasteiger partial charge in [0.1, 0.15) is 0 Å². The molecule has 0 radical (unpaired) electrons. The Labute approximate surface area is 169 Å². The van der Waals surface area contributed by atoms with E-state index in [1.165, 1.54) is 70.6 Å². The second-order valence-electron chi connectivity index (χ2n) is 12.4. The van der Waals surface area contributed by atoms with Crippen LogP contribution in [0.4, 0.5) is 0 Å². The normalized spacial score (nSPS) is 51.9. The molecule has 4 fully saturated rings. The Morgan fingerprint density at radius 1 is 0.926 bits per heavy atom. The Bertz CT molecular complexity index is 526. The highest BCUT2D eigenvalue weighted by Gasteiger charge is 2.63. The number of rotatable bonds is 5. The Balaban J connectivity index is 1.47. The lowest BCUT2D eigenvalue weighted by Gasteiger charge is -2.51. The quantitative estimate of drug-likeness (QED) is 0.514. The van der Waals surface area contributed by atoms with E-state index in [2.05, 4.69) is 34.6 Å². The fraction of sp³-hybridized carbons (Fsp3) is 1.00. The van der Waals surface area contributed by atoms with Gasteiger partial charge >= 0.3 is 0 Å². The van der Waals surface area contributed by atoms with Gasteiger partial charge in [0.05, 0.1) is 0 Å². The fourth-order valence-corrected chi connectivity index (χ4v) is 9.07. The van der Waals surface area contributed by atoms with Crippen LogP contribution in [0.25, 0.3) is 0 Å². The first-order valence-corrected chi connectivity index (χ1v) is 12.5.